The monoisotopic (exact) mass is 379 g/mol. The van der Waals surface area contributed by atoms with Gasteiger partial charge in [0.2, 0.25) is 0 Å². The number of benzene rings is 1. The molecule has 0 aliphatic carbocycles. The first-order valence-corrected chi connectivity index (χ1v) is 8.83. The molecule has 28 heavy (non-hydrogen) atoms. The maximum Gasteiger partial charge on any atom is 0.253 e. The molecule has 7 heteroatoms. The molecule has 3 rings (SSSR count). The van der Waals surface area contributed by atoms with Crippen molar-refractivity contribution in [2.45, 2.75) is 13.0 Å². The molecule has 0 bridgehead atoms. The summed E-state index contributed by atoms with van der Waals surface area (Å²) in [6, 6.07) is 12.7. The highest BCUT2D eigenvalue weighted by atomic mass is 16.5. The zero-order chi connectivity index (χ0) is 19.8. The summed E-state index contributed by atoms with van der Waals surface area (Å²) in [5.41, 5.74) is 1.64. The molecule has 144 valence electrons. The van der Waals surface area contributed by atoms with E-state index in [0.717, 1.165) is 11.3 Å². The molecule has 0 fully saturated rings. The number of carbonyl (C=O) groups is 2. The highest BCUT2D eigenvalue weighted by molar-refractivity contribution is 5.99. The first-order valence-electron chi connectivity index (χ1n) is 8.83. The molecule has 2 heterocycles. The average Bonchev–Trinajstić information content (AvgIpc) is 3.26. The van der Waals surface area contributed by atoms with Gasteiger partial charge in [0.05, 0.1) is 31.0 Å². The summed E-state index contributed by atoms with van der Waals surface area (Å²) in [6.45, 7) is 0.704. The fourth-order valence-corrected chi connectivity index (χ4v) is 2.69. The maximum atomic E-state index is 12.4. The Morgan fingerprint density at radius 1 is 1.04 bits per heavy atom. The molecule has 0 spiro atoms. The van der Waals surface area contributed by atoms with Gasteiger partial charge in [0.15, 0.2) is 0 Å². The number of nitrogens with zero attached hydrogens (tertiary/aromatic N) is 1. The van der Waals surface area contributed by atoms with Crippen LogP contribution in [0.2, 0.25) is 0 Å². The van der Waals surface area contributed by atoms with Gasteiger partial charge < -0.3 is 19.8 Å². The Labute approximate surface area is 162 Å². The number of carbonyl (C=O) groups excluding carboxylic acids is 2. The molecule has 0 unspecified atom stereocenters. The summed E-state index contributed by atoms with van der Waals surface area (Å²) >= 11 is 0. The van der Waals surface area contributed by atoms with Gasteiger partial charge in [-0.2, -0.15) is 0 Å². The third-order valence-corrected chi connectivity index (χ3v) is 4.14. The highest BCUT2D eigenvalue weighted by Crippen LogP contribution is 2.17. The fraction of sp³-hybridized carbons (Fsp3) is 0.190. The molecule has 0 aliphatic rings. The molecule has 7 nitrogen and oxygen atoms in total. The van der Waals surface area contributed by atoms with Crippen molar-refractivity contribution in [2.24, 2.45) is 0 Å². The minimum absolute atomic E-state index is 0.265. The lowest BCUT2D eigenvalue weighted by atomic mass is 10.1. The number of hydrogen-bond acceptors (Lipinski definition) is 5. The van der Waals surface area contributed by atoms with Crippen molar-refractivity contribution in [2.75, 3.05) is 13.7 Å². The Balaban J connectivity index is 1.55. The van der Waals surface area contributed by atoms with Gasteiger partial charge in [0.1, 0.15) is 11.5 Å². The van der Waals surface area contributed by atoms with Crippen LogP contribution in [0.15, 0.2) is 65.5 Å². The molecule has 2 amide bonds. The summed E-state index contributed by atoms with van der Waals surface area (Å²) in [5, 5.41) is 5.56. The number of amides is 2. The summed E-state index contributed by atoms with van der Waals surface area (Å²) in [5.74, 6) is 0.816. The van der Waals surface area contributed by atoms with E-state index in [1.165, 1.54) is 18.5 Å². The molecule has 0 aliphatic heterocycles. The molecular weight excluding hydrogens is 358 g/mol. The number of methoxy groups -OCH3 is 1. The van der Waals surface area contributed by atoms with Gasteiger partial charge in [0, 0.05) is 18.9 Å². The Hall–Kier alpha value is -3.61. The molecule has 1 aromatic carbocycles. The lowest BCUT2D eigenvalue weighted by Gasteiger charge is -2.09. The number of nitrogens with one attached hydrogen (secondary N) is 2. The molecule has 0 saturated carbocycles. The van der Waals surface area contributed by atoms with Crippen LogP contribution in [0, 0.1) is 0 Å². The molecular formula is C21H21N3O4. The quantitative estimate of drug-likeness (QED) is 0.627. The minimum Gasteiger partial charge on any atom is -0.496 e. The van der Waals surface area contributed by atoms with Crippen LogP contribution < -0.4 is 15.4 Å². The van der Waals surface area contributed by atoms with Crippen LogP contribution in [0.4, 0.5) is 0 Å². The smallest absolute Gasteiger partial charge is 0.253 e. The van der Waals surface area contributed by atoms with E-state index in [2.05, 4.69) is 15.6 Å². The van der Waals surface area contributed by atoms with E-state index in [-0.39, 0.29) is 18.4 Å². The number of ether oxygens (including phenoxy) is 1. The van der Waals surface area contributed by atoms with Crippen LogP contribution in [0.5, 0.6) is 5.75 Å². The lowest BCUT2D eigenvalue weighted by Crippen LogP contribution is -2.27. The van der Waals surface area contributed by atoms with Crippen LogP contribution in [0.3, 0.4) is 0 Å². The summed E-state index contributed by atoms with van der Waals surface area (Å²) in [4.78, 5) is 28.6. The van der Waals surface area contributed by atoms with E-state index in [1.807, 2.05) is 24.3 Å². The number of rotatable bonds is 8. The maximum absolute atomic E-state index is 12.4. The van der Waals surface area contributed by atoms with Crippen LogP contribution in [0.1, 0.15) is 32.0 Å². The molecule has 0 saturated heterocycles. The molecule has 0 radical (unpaired) electrons. The average molecular weight is 379 g/mol. The van der Waals surface area contributed by atoms with Gasteiger partial charge in [-0.25, -0.2) is 0 Å². The number of pyridine rings is 1. The molecule has 2 N–H and O–H groups in total. The second kappa shape index (κ2) is 9.36. The molecule has 2 aromatic heterocycles. The zero-order valence-corrected chi connectivity index (χ0v) is 15.5. The van der Waals surface area contributed by atoms with Crippen molar-refractivity contribution >= 4 is 11.8 Å². The number of aromatic nitrogens is 1. The lowest BCUT2D eigenvalue weighted by molar-refractivity contribution is 0.0947. The van der Waals surface area contributed by atoms with E-state index in [0.29, 0.717) is 29.9 Å². The molecule has 3 aromatic rings. The van der Waals surface area contributed by atoms with E-state index in [1.54, 1.807) is 25.5 Å². The predicted molar refractivity (Wildman–Crippen MR) is 103 cm³/mol. The van der Waals surface area contributed by atoms with Gasteiger partial charge >= 0.3 is 0 Å². The topological polar surface area (TPSA) is 93.5 Å². The van der Waals surface area contributed by atoms with Gasteiger partial charge in [-0.05, 0) is 36.2 Å². The largest absolute Gasteiger partial charge is 0.496 e. The zero-order valence-electron chi connectivity index (χ0n) is 15.5. The Morgan fingerprint density at radius 3 is 2.50 bits per heavy atom. The van der Waals surface area contributed by atoms with Crippen molar-refractivity contribution in [3.63, 3.8) is 0 Å². The first kappa shape index (κ1) is 19.2. The SMILES string of the molecule is COc1ccccc1CCNC(=O)c1cncc(C(=O)NCc2ccco2)c1. The number of para-hydroxylation sites is 1. The Kier molecular flexibility index (Phi) is 6.41. The van der Waals surface area contributed by atoms with Crippen molar-refractivity contribution in [1.82, 2.24) is 15.6 Å². The number of furan rings is 1. The first-order chi connectivity index (χ1) is 13.7. The normalized spacial score (nSPS) is 10.3. The van der Waals surface area contributed by atoms with Crippen LogP contribution in [0.25, 0.3) is 0 Å². The van der Waals surface area contributed by atoms with E-state index in [9.17, 15) is 9.59 Å². The van der Waals surface area contributed by atoms with Gasteiger partial charge in [-0.3, -0.25) is 14.6 Å². The third-order valence-electron chi connectivity index (χ3n) is 4.14. The van der Waals surface area contributed by atoms with E-state index in [4.69, 9.17) is 9.15 Å². The standard InChI is InChI=1S/C21H21N3O4/c1-27-19-7-3-2-5-15(19)8-9-23-20(25)16-11-17(13-22-12-16)21(26)24-14-18-6-4-10-28-18/h2-7,10-13H,8-9,14H2,1H3,(H,23,25)(H,24,26). The fourth-order valence-electron chi connectivity index (χ4n) is 2.69. The van der Waals surface area contributed by atoms with Gasteiger partial charge in [-0.15, -0.1) is 0 Å². The van der Waals surface area contributed by atoms with E-state index < -0.39 is 0 Å². The highest BCUT2D eigenvalue weighted by Gasteiger charge is 2.12. The van der Waals surface area contributed by atoms with Crippen molar-refractivity contribution in [1.29, 1.82) is 0 Å². The Bertz CT molecular complexity index is 938. The summed E-state index contributed by atoms with van der Waals surface area (Å²) < 4.78 is 10.5. The van der Waals surface area contributed by atoms with Crippen LogP contribution in [-0.2, 0) is 13.0 Å². The second-order valence-corrected chi connectivity index (χ2v) is 6.04. The van der Waals surface area contributed by atoms with Gasteiger partial charge in [0.25, 0.3) is 11.8 Å². The third kappa shape index (κ3) is 4.97. The minimum atomic E-state index is -0.326. The summed E-state index contributed by atoms with van der Waals surface area (Å²) in [6.07, 6.45) is 5.02. The summed E-state index contributed by atoms with van der Waals surface area (Å²) in [7, 11) is 1.62. The predicted octanol–water partition coefficient (Wildman–Crippen LogP) is 2.59. The van der Waals surface area contributed by atoms with Crippen molar-refractivity contribution < 1.29 is 18.7 Å². The van der Waals surface area contributed by atoms with Crippen LogP contribution in [-0.4, -0.2) is 30.5 Å². The Morgan fingerprint density at radius 2 is 1.79 bits per heavy atom. The van der Waals surface area contributed by atoms with E-state index >= 15 is 0 Å². The molecule has 0 atom stereocenters. The van der Waals surface area contributed by atoms with Gasteiger partial charge in [-0.1, -0.05) is 18.2 Å². The second-order valence-electron chi connectivity index (χ2n) is 6.04. The van der Waals surface area contributed by atoms with Crippen LogP contribution >= 0.6 is 0 Å². The number of hydrogen-bond donors (Lipinski definition) is 2. The van der Waals surface area contributed by atoms with Crippen molar-refractivity contribution in [3.8, 4) is 5.75 Å². The van der Waals surface area contributed by atoms with Crippen molar-refractivity contribution in [3.05, 3.63) is 83.6 Å².